The lowest BCUT2D eigenvalue weighted by Gasteiger charge is -2.26. The van der Waals surface area contributed by atoms with Gasteiger partial charge in [-0.3, -0.25) is 9.10 Å². The predicted molar refractivity (Wildman–Crippen MR) is 129 cm³/mol. The standard InChI is InChI=1S/C26H30N2O3S/c1-18-10-9-11-23(14-18)28(32(30,31)24-12-7-6-8-13-24)17-26(29)27-22(5)25-16-20(3)19(2)15-21(25)4/h6-16,22H,17H2,1-5H3,(H,27,29)/t22-/m1/s1. The summed E-state index contributed by atoms with van der Waals surface area (Å²) < 4.78 is 28.0. The molecule has 1 atom stereocenters. The molecule has 1 N–H and O–H groups in total. The van der Waals surface area contributed by atoms with Crippen molar-refractivity contribution in [3.8, 4) is 0 Å². The van der Waals surface area contributed by atoms with E-state index in [4.69, 9.17) is 0 Å². The first-order chi connectivity index (χ1) is 15.1. The van der Waals surface area contributed by atoms with Crippen LogP contribution in [0.1, 0.15) is 40.8 Å². The van der Waals surface area contributed by atoms with Gasteiger partial charge in [-0.15, -0.1) is 0 Å². The van der Waals surface area contributed by atoms with E-state index in [2.05, 4.69) is 24.4 Å². The first-order valence-corrected chi connectivity index (χ1v) is 12.0. The maximum Gasteiger partial charge on any atom is 0.264 e. The van der Waals surface area contributed by atoms with E-state index in [9.17, 15) is 13.2 Å². The molecule has 0 aliphatic carbocycles. The summed E-state index contributed by atoms with van der Waals surface area (Å²) >= 11 is 0. The second-order valence-electron chi connectivity index (χ2n) is 8.25. The maximum atomic E-state index is 13.4. The molecule has 0 bridgehead atoms. The van der Waals surface area contributed by atoms with Crippen LogP contribution in [-0.4, -0.2) is 20.9 Å². The van der Waals surface area contributed by atoms with Gasteiger partial charge in [0.2, 0.25) is 5.91 Å². The van der Waals surface area contributed by atoms with Crippen LogP contribution in [0.4, 0.5) is 5.69 Å². The van der Waals surface area contributed by atoms with Gasteiger partial charge in [-0.2, -0.15) is 0 Å². The van der Waals surface area contributed by atoms with E-state index in [1.54, 1.807) is 36.4 Å². The summed E-state index contributed by atoms with van der Waals surface area (Å²) in [7, 11) is -3.91. The molecule has 1 amide bonds. The lowest BCUT2D eigenvalue weighted by atomic mass is 9.96. The Labute approximate surface area is 191 Å². The Morgan fingerprint density at radius 3 is 2.19 bits per heavy atom. The monoisotopic (exact) mass is 450 g/mol. The molecule has 0 unspecified atom stereocenters. The number of anilines is 1. The van der Waals surface area contributed by atoms with Gasteiger partial charge in [-0.1, -0.05) is 42.5 Å². The van der Waals surface area contributed by atoms with Crippen LogP contribution in [-0.2, 0) is 14.8 Å². The molecular formula is C26H30N2O3S. The minimum atomic E-state index is -3.91. The smallest absolute Gasteiger partial charge is 0.264 e. The van der Waals surface area contributed by atoms with E-state index in [0.717, 1.165) is 22.3 Å². The Morgan fingerprint density at radius 2 is 1.53 bits per heavy atom. The third-order valence-corrected chi connectivity index (χ3v) is 7.42. The van der Waals surface area contributed by atoms with Crippen molar-refractivity contribution in [2.24, 2.45) is 0 Å². The topological polar surface area (TPSA) is 66.5 Å². The lowest BCUT2D eigenvalue weighted by Crippen LogP contribution is -2.41. The van der Waals surface area contributed by atoms with Gasteiger partial charge in [0, 0.05) is 0 Å². The van der Waals surface area contributed by atoms with Crippen molar-refractivity contribution in [1.29, 1.82) is 0 Å². The highest BCUT2D eigenvalue weighted by molar-refractivity contribution is 7.92. The largest absolute Gasteiger partial charge is 0.348 e. The van der Waals surface area contributed by atoms with Crippen LogP contribution in [0.2, 0.25) is 0 Å². The highest BCUT2D eigenvalue weighted by Crippen LogP contribution is 2.25. The van der Waals surface area contributed by atoms with Crippen LogP contribution in [0, 0.1) is 27.7 Å². The van der Waals surface area contributed by atoms with E-state index in [0.29, 0.717) is 5.69 Å². The first-order valence-electron chi connectivity index (χ1n) is 10.6. The Balaban J connectivity index is 1.90. The number of aryl methyl sites for hydroxylation is 4. The number of carbonyl (C=O) groups excluding carboxylic acids is 1. The number of hydrogen-bond acceptors (Lipinski definition) is 3. The first kappa shape index (κ1) is 23.5. The third-order valence-electron chi connectivity index (χ3n) is 5.63. The van der Waals surface area contributed by atoms with Crippen molar-refractivity contribution in [3.05, 3.63) is 94.5 Å². The lowest BCUT2D eigenvalue weighted by molar-refractivity contribution is -0.120. The molecule has 3 aromatic rings. The minimum Gasteiger partial charge on any atom is -0.348 e. The number of nitrogens with one attached hydrogen (secondary N) is 1. The maximum absolute atomic E-state index is 13.4. The zero-order valence-corrected chi connectivity index (χ0v) is 20.0. The number of carbonyl (C=O) groups is 1. The number of sulfonamides is 1. The van der Waals surface area contributed by atoms with E-state index in [1.165, 1.54) is 22.0 Å². The molecule has 3 rings (SSSR count). The van der Waals surface area contributed by atoms with Gasteiger partial charge in [0.1, 0.15) is 6.54 Å². The average Bonchev–Trinajstić information content (AvgIpc) is 2.75. The van der Waals surface area contributed by atoms with Gasteiger partial charge in [-0.25, -0.2) is 8.42 Å². The Morgan fingerprint density at radius 1 is 0.875 bits per heavy atom. The molecule has 0 fully saturated rings. The summed E-state index contributed by atoms with van der Waals surface area (Å²) in [6.07, 6.45) is 0. The molecule has 0 spiro atoms. The highest BCUT2D eigenvalue weighted by atomic mass is 32.2. The van der Waals surface area contributed by atoms with E-state index in [1.807, 2.05) is 33.8 Å². The minimum absolute atomic E-state index is 0.146. The van der Waals surface area contributed by atoms with E-state index >= 15 is 0 Å². The number of amides is 1. The molecule has 0 saturated heterocycles. The fourth-order valence-corrected chi connectivity index (χ4v) is 5.20. The van der Waals surface area contributed by atoms with Crippen LogP contribution < -0.4 is 9.62 Å². The normalized spacial score (nSPS) is 12.3. The average molecular weight is 451 g/mol. The Hall–Kier alpha value is -3.12. The molecule has 5 nitrogen and oxygen atoms in total. The highest BCUT2D eigenvalue weighted by Gasteiger charge is 2.27. The molecular weight excluding hydrogens is 420 g/mol. The van der Waals surface area contributed by atoms with E-state index < -0.39 is 10.0 Å². The third kappa shape index (κ3) is 5.19. The van der Waals surface area contributed by atoms with Gasteiger partial charge in [-0.05, 0) is 86.7 Å². The van der Waals surface area contributed by atoms with Crippen molar-refractivity contribution in [2.75, 3.05) is 10.8 Å². The number of benzene rings is 3. The molecule has 168 valence electrons. The van der Waals surface area contributed by atoms with Gasteiger partial charge < -0.3 is 5.32 Å². The van der Waals surface area contributed by atoms with Gasteiger partial charge >= 0.3 is 0 Å². The zero-order chi connectivity index (χ0) is 23.5. The predicted octanol–water partition coefficient (Wildman–Crippen LogP) is 4.99. The summed E-state index contributed by atoms with van der Waals surface area (Å²) in [4.78, 5) is 13.2. The number of nitrogens with zero attached hydrogens (tertiary/aromatic N) is 1. The Bertz CT molecular complexity index is 1220. The van der Waals surface area contributed by atoms with Crippen LogP contribution in [0.5, 0.6) is 0 Å². The zero-order valence-electron chi connectivity index (χ0n) is 19.2. The van der Waals surface area contributed by atoms with Crippen molar-refractivity contribution < 1.29 is 13.2 Å². The summed E-state index contributed by atoms with van der Waals surface area (Å²) in [5, 5.41) is 2.98. The SMILES string of the molecule is Cc1cccc(N(CC(=O)N[C@H](C)c2cc(C)c(C)cc2C)S(=O)(=O)c2ccccc2)c1. The molecule has 6 heteroatoms. The van der Waals surface area contributed by atoms with Gasteiger partial charge in [0.05, 0.1) is 16.6 Å². The molecule has 0 aliphatic rings. The molecule has 0 aromatic heterocycles. The van der Waals surface area contributed by atoms with Crippen molar-refractivity contribution in [1.82, 2.24) is 5.32 Å². The van der Waals surface area contributed by atoms with Crippen LogP contribution in [0.15, 0.2) is 71.6 Å². The summed E-state index contributed by atoms with van der Waals surface area (Å²) in [6, 6.07) is 19.3. The van der Waals surface area contributed by atoms with Crippen molar-refractivity contribution >= 4 is 21.6 Å². The summed E-state index contributed by atoms with van der Waals surface area (Å²) in [5.74, 6) is -0.365. The molecule has 32 heavy (non-hydrogen) atoms. The fraction of sp³-hybridized carbons (Fsp3) is 0.269. The number of rotatable bonds is 7. The Kier molecular flexibility index (Phi) is 7.04. The molecule has 0 aliphatic heterocycles. The summed E-state index contributed by atoms with van der Waals surface area (Å²) in [6.45, 7) is 9.61. The molecule has 3 aromatic carbocycles. The van der Waals surface area contributed by atoms with Crippen molar-refractivity contribution in [3.63, 3.8) is 0 Å². The van der Waals surface area contributed by atoms with Crippen LogP contribution in [0.3, 0.4) is 0 Å². The van der Waals surface area contributed by atoms with Crippen LogP contribution >= 0.6 is 0 Å². The second-order valence-corrected chi connectivity index (χ2v) is 10.1. The van der Waals surface area contributed by atoms with Crippen LogP contribution in [0.25, 0.3) is 0 Å². The molecule has 0 saturated carbocycles. The molecule has 0 radical (unpaired) electrons. The fourth-order valence-electron chi connectivity index (χ4n) is 3.76. The van der Waals surface area contributed by atoms with Crippen molar-refractivity contribution in [2.45, 2.75) is 45.6 Å². The van der Waals surface area contributed by atoms with Gasteiger partial charge in [0.25, 0.3) is 10.0 Å². The number of hydrogen-bond donors (Lipinski definition) is 1. The summed E-state index contributed by atoms with van der Waals surface area (Å²) in [5.41, 5.74) is 5.83. The van der Waals surface area contributed by atoms with Gasteiger partial charge in [0.15, 0.2) is 0 Å². The van der Waals surface area contributed by atoms with E-state index in [-0.39, 0.29) is 23.4 Å². The second kappa shape index (κ2) is 9.57. The molecule has 0 heterocycles. The quantitative estimate of drug-likeness (QED) is 0.551.